The maximum Gasteiger partial charge on any atom is 0.317 e. The Morgan fingerprint density at radius 3 is 2.29 bits per heavy atom. The molecule has 0 aromatic heterocycles. The number of nitrogens with one attached hydrogen (secondary N) is 1. The lowest BCUT2D eigenvalue weighted by molar-refractivity contribution is -0.142. The van der Waals surface area contributed by atoms with Crippen molar-refractivity contribution in [3.05, 3.63) is 0 Å². The summed E-state index contributed by atoms with van der Waals surface area (Å²) in [5.41, 5.74) is 0. The fourth-order valence-corrected chi connectivity index (χ4v) is 3.06. The van der Waals surface area contributed by atoms with Crippen molar-refractivity contribution >= 4 is 12.0 Å². The number of hydrogen-bond acceptors (Lipinski definition) is 3. The minimum absolute atomic E-state index is 0.154. The van der Waals surface area contributed by atoms with Crippen LogP contribution < -0.4 is 5.32 Å². The van der Waals surface area contributed by atoms with Gasteiger partial charge in [-0.05, 0) is 41.0 Å². The summed E-state index contributed by atoms with van der Waals surface area (Å²) < 4.78 is 0. The van der Waals surface area contributed by atoms with Gasteiger partial charge in [0.25, 0.3) is 0 Å². The molecule has 0 saturated carbocycles. The lowest BCUT2D eigenvalue weighted by atomic mass is 10.0. The van der Waals surface area contributed by atoms with Crippen molar-refractivity contribution in [2.75, 3.05) is 19.6 Å². The third-order valence-electron chi connectivity index (χ3n) is 4.31. The Morgan fingerprint density at radius 2 is 1.86 bits per heavy atom. The summed E-state index contributed by atoms with van der Waals surface area (Å²) in [6.07, 6.45) is 0.536. The van der Waals surface area contributed by atoms with Gasteiger partial charge in [0.15, 0.2) is 0 Å². The van der Waals surface area contributed by atoms with Crippen molar-refractivity contribution in [3.63, 3.8) is 0 Å². The quantitative estimate of drug-likeness (QED) is 0.781. The number of amides is 2. The van der Waals surface area contributed by atoms with Gasteiger partial charge in [0, 0.05) is 37.8 Å². The van der Waals surface area contributed by atoms with Crippen LogP contribution in [0.4, 0.5) is 4.79 Å². The van der Waals surface area contributed by atoms with Crippen LogP contribution in [0.15, 0.2) is 0 Å². The van der Waals surface area contributed by atoms with Gasteiger partial charge in [-0.1, -0.05) is 0 Å². The molecule has 2 atom stereocenters. The third-order valence-corrected chi connectivity index (χ3v) is 4.31. The van der Waals surface area contributed by atoms with Crippen LogP contribution in [0.3, 0.4) is 0 Å². The van der Waals surface area contributed by atoms with Crippen molar-refractivity contribution in [1.82, 2.24) is 15.1 Å². The highest BCUT2D eigenvalue weighted by Gasteiger charge is 2.37. The highest BCUT2D eigenvalue weighted by molar-refractivity contribution is 5.78. The van der Waals surface area contributed by atoms with E-state index in [-0.39, 0.29) is 12.1 Å². The first-order chi connectivity index (χ1) is 9.75. The van der Waals surface area contributed by atoms with E-state index in [9.17, 15) is 9.59 Å². The van der Waals surface area contributed by atoms with E-state index in [1.165, 1.54) is 0 Å². The Balaban J connectivity index is 2.43. The number of aliphatic carboxylic acids is 1. The first-order valence-electron chi connectivity index (χ1n) is 7.78. The van der Waals surface area contributed by atoms with Crippen LogP contribution in [0, 0.1) is 5.92 Å². The number of hydrogen-bond donors (Lipinski definition) is 2. The summed E-state index contributed by atoms with van der Waals surface area (Å²) in [5, 5.41) is 12.0. The van der Waals surface area contributed by atoms with Crippen LogP contribution in [0.1, 0.15) is 41.0 Å². The maximum atomic E-state index is 12.1. The smallest absolute Gasteiger partial charge is 0.317 e. The molecule has 6 heteroatoms. The lowest BCUT2D eigenvalue weighted by Gasteiger charge is -2.31. The van der Waals surface area contributed by atoms with Crippen LogP contribution in [0.2, 0.25) is 0 Å². The largest absolute Gasteiger partial charge is 0.481 e. The molecule has 0 aromatic carbocycles. The Morgan fingerprint density at radius 1 is 1.29 bits per heavy atom. The van der Waals surface area contributed by atoms with Gasteiger partial charge in [-0.15, -0.1) is 0 Å². The van der Waals surface area contributed by atoms with E-state index in [1.54, 1.807) is 11.8 Å². The molecule has 1 aliphatic heterocycles. The van der Waals surface area contributed by atoms with Crippen LogP contribution >= 0.6 is 0 Å². The van der Waals surface area contributed by atoms with E-state index in [2.05, 4.69) is 37.9 Å². The van der Waals surface area contributed by atoms with E-state index in [0.29, 0.717) is 31.6 Å². The molecular weight excluding hydrogens is 270 g/mol. The third kappa shape index (κ3) is 4.59. The highest BCUT2D eigenvalue weighted by Crippen LogP contribution is 2.24. The molecule has 6 nitrogen and oxygen atoms in total. The molecule has 1 rings (SSSR count). The van der Waals surface area contributed by atoms with Gasteiger partial charge >= 0.3 is 12.0 Å². The topological polar surface area (TPSA) is 72.9 Å². The number of urea groups is 1. The molecular formula is C15H29N3O3. The fraction of sp³-hybridized carbons (Fsp3) is 0.867. The Labute approximate surface area is 127 Å². The number of rotatable bonds is 6. The second-order valence-corrected chi connectivity index (χ2v) is 6.32. The zero-order valence-electron chi connectivity index (χ0n) is 13.8. The van der Waals surface area contributed by atoms with Gasteiger partial charge in [0.2, 0.25) is 0 Å². The molecule has 1 aliphatic rings. The average Bonchev–Trinajstić information content (AvgIpc) is 2.75. The molecule has 2 unspecified atom stereocenters. The van der Waals surface area contributed by atoms with Gasteiger partial charge in [-0.3, -0.25) is 9.69 Å². The Kier molecular flexibility index (Phi) is 6.45. The zero-order chi connectivity index (χ0) is 16.2. The monoisotopic (exact) mass is 299 g/mol. The maximum absolute atomic E-state index is 12.1. The number of carboxylic acids is 1. The second kappa shape index (κ2) is 7.64. The minimum atomic E-state index is -0.816. The molecule has 1 fully saturated rings. The number of nitrogens with zero attached hydrogens (tertiary/aromatic N) is 2. The molecule has 0 spiro atoms. The Bertz CT molecular complexity index is 363. The zero-order valence-corrected chi connectivity index (χ0v) is 13.8. The van der Waals surface area contributed by atoms with E-state index >= 15 is 0 Å². The highest BCUT2D eigenvalue weighted by atomic mass is 16.4. The molecule has 2 amide bonds. The number of carbonyl (C=O) groups is 2. The molecule has 2 N–H and O–H groups in total. The molecule has 0 radical (unpaired) electrons. The normalized spacial score (nSPS) is 22.4. The number of carbonyl (C=O) groups excluding carboxylic acids is 1. The molecule has 0 aromatic rings. The molecule has 122 valence electrons. The summed E-state index contributed by atoms with van der Waals surface area (Å²) >= 11 is 0. The van der Waals surface area contributed by atoms with E-state index in [0.717, 1.165) is 6.54 Å². The van der Waals surface area contributed by atoms with Crippen molar-refractivity contribution in [3.8, 4) is 0 Å². The van der Waals surface area contributed by atoms with Crippen molar-refractivity contribution in [1.29, 1.82) is 0 Å². The van der Waals surface area contributed by atoms with Gasteiger partial charge in [0.05, 0.1) is 5.92 Å². The van der Waals surface area contributed by atoms with Crippen LogP contribution in [0.25, 0.3) is 0 Å². The lowest BCUT2D eigenvalue weighted by Crippen LogP contribution is -2.47. The summed E-state index contributed by atoms with van der Waals surface area (Å²) in [7, 11) is 0. The van der Waals surface area contributed by atoms with Crippen molar-refractivity contribution < 1.29 is 14.7 Å². The number of likely N-dealkylation sites (tertiary alicyclic amines) is 1. The van der Waals surface area contributed by atoms with Gasteiger partial charge in [-0.2, -0.15) is 0 Å². The van der Waals surface area contributed by atoms with Gasteiger partial charge in [-0.25, -0.2) is 4.79 Å². The molecule has 21 heavy (non-hydrogen) atoms. The summed E-state index contributed by atoms with van der Waals surface area (Å²) in [4.78, 5) is 27.2. The molecule has 0 aliphatic carbocycles. The Hall–Kier alpha value is -1.30. The first kappa shape index (κ1) is 17.8. The van der Waals surface area contributed by atoms with Crippen molar-refractivity contribution in [2.24, 2.45) is 5.92 Å². The predicted molar refractivity (Wildman–Crippen MR) is 82.3 cm³/mol. The SMILES string of the molecule is CC1C(C(=O)O)CCN1C(=O)NCCN(C(C)C)C(C)C. The fourth-order valence-electron chi connectivity index (χ4n) is 3.06. The average molecular weight is 299 g/mol. The van der Waals surface area contributed by atoms with E-state index in [1.807, 2.05) is 0 Å². The molecule has 1 heterocycles. The van der Waals surface area contributed by atoms with Crippen LogP contribution in [-0.2, 0) is 4.79 Å². The van der Waals surface area contributed by atoms with Crippen LogP contribution in [0.5, 0.6) is 0 Å². The molecule has 0 bridgehead atoms. The standard InChI is InChI=1S/C15H29N3O3/c1-10(2)17(11(3)4)9-7-16-15(21)18-8-6-13(12(18)5)14(19)20/h10-13H,6-9H2,1-5H3,(H,16,21)(H,19,20). The van der Waals surface area contributed by atoms with Crippen LogP contribution in [-0.4, -0.2) is 64.7 Å². The first-order valence-corrected chi connectivity index (χ1v) is 7.78. The summed E-state index contributed by atoms with van der Waals surface area (Å²) in [5.74, 6) is -1.26. The van der Waals surface area contributed by atoms with Crippen molar-refractivity contribution in [2.45, 2.75) is 59.2 Å². The number of carboxylic acid groups (broad SMARTS) is 1. The molecule has 1 saturated heterocycles. The minimum Gasteiger partial charge on any atom is -0.481 e. The second-order valence-electron chi connectivity index (χ2n) is 6.32. The summed E-state index contributed by atoms with van der Waals surface area (Å²) in [6, 6.07) is 0.473. The predicted octanol–water partition coefficient (Wildman–Crippen LogP) is 1.61. The van der Waals surface area contributed by atoms with Gasteiger partial charge < -0.3 is 15.3 Å². The van der Waals surface area contributed by atoms with E-state index < -0.39 is 11.9 Å². The van der Waals surface area contributed by atoms with Gasteiger partial charge in [0.1, 0.15) is 0 Å². The van der Waals surface area contributed by atoms with E-state index in [4.69, 9.17) is 5.11 Å². The summed E-state index contributed by atoms with van der Waals surface area (Å²) in [6.45, 7) is 12.3.